The predicted octanol–water partition coefficient (Wildman–Crippen LogP) is 4.85. The maximum atomic E-state index is 10.9. The van der Waals surface area contributed by atoms with Crippen LogP contribution in [0.15, 0.2) is 54.6 Å². The quantitative estimate of drug-likeness (QED) is 0.720. The molecule has 1 heterocycles. The van der Waals surface area contributed by atoms with E-state index in [4.69, 9.17) is 4.98 Å². The molecule has 0 spiro atoms. The van der Waals surface area contributed by atoms with Gasteiger partial charge in [0.25, 0.3) is 0 Å². The van der Waals surface area contributed by atoms with Crippen LogP contribution < -0.4 is 5.32 Å². The summed E-state index contributed by atoms with van der Waals surface area (Å²) in [5, 5.41) is 15.5. The Balaban J connectivity index is 1.82. The van der Waals surface area contributed by atoms with Crippen molar-refractivity contribution in [3.8, 4) is 0 Å². The number of aliphatic hydroxyl groups excluding tert-OH is 1. The molecule has 0 saturated heterocycles. The summed E-state index contributed by atoms with van der Waals surface area (Å²) in [6.07, 6.45) is 1.18. The molecule has 25 heavy (non-hydrogen) atoms. The number of rotatable bonds is 3. The highest BCUT2D eigenvalue weighted by Gasteiger charge is 2.34. The Morgan fingerprint density at radius 3 is 2.60 bits per heavy atom. The third kappa shape index (κ3) is 3.12. The number of pyridine rings is 1. The van der Waals surface area contributed by atoms with Crippen molar-refractivity contribution < 1.29 is 5.11 Å². The molecular formula is C22H24N2O. The first-order chi connectivity index (χ1) is 12.0. The Morgan fingerprint density at radius 2 is 1.80 bits per heavy atom. The van der Waals surface area contributed by atoms with Crippen LogP contribution in [0.2, 0.25) is 0 Å². The fourth-order valence-electron chi connectivity index (χ4n) is 3.90. The molecular weight excluding hydrogens is 308 g/mol. The predicted molar refractivity (Wildman–Crippen MR) is 103 cm³/mol. The van der Waals surface area contributed by atoms with Gasteiger partial charge in [-0.3, -0.25) is 4.98 Å². The van der Waals surface area contributed by atoms with Gasteiger partial charge in [-0.1, -0.05) is 62.4 Å². The van der Waals surface area contributed by atoms with E-state index in [0.717, 1.165) is 47.2 Å². The minimum Gasteiger partial charge on any atom is -0.388 e. The van der Waals surface area contributed by atoms with Gasteiger partial charge >= 0.3 is 0 Å². The van der Waals surface area contributed by atoms with Gasteiger partial charge in [-0.2, -0.15) is 0 Å². The number of para-hydroxylation sites is 1. The molecule has 3 aromatic rings. The monoisotopic (exact) mass is 332 g/mol. The van der Waals surface area contributed by atoms with Gasteiger partial charge in [0.05, 0.1) is 17.3 Å². The average Bonchev–Trinajstić information content (AvgIpc) is 2.58. The lowest BCUT2D eigenvalue weighted by Gasteiger charge is -2.35. The summed E-state index contributed by atoms with van der Waals surface area (Å²) >= 11 is 0. The van der Waals surface area contributed by atoms with E-state index >= 15 is 0 Å². The highest BCUT2D eigenvalue weighted by Crippen LogP contribution is 2.45. The maximum Gasteiger partial charge on any atom is 0.0833 e. The van der Waals surface area contributed by atoms with E-state index < -0.39 is 6.10 Å². The lowest BCUT2D eigenvalue weighted by Crippen LogP contribution is -2.27. The molecule has 2 N–H and O–H groups in total. The second-order valence-electron chi connectivity index (χ2n) is 7.76. The zero-order valence-electron chi connectivity index (χ0n) is 14.8. The van der Waals surface area contributed by atoms with Gasteiger partial charge in [-0.05, 0) is 29.9 Å². The first-order valence-electron chi connectivity index (χ1n) is 8.91. The van der Waals surface area contributed by atoms with E-state index in [0.29, 0.717) is 0 Å². The lowest BCUT2D eigenvalue weighted by atomic mass is 9.74. The Hall–Kier alpha value is -2.39. The number of nitrogens with zero attached hydrogens (tertiary/aromatic N) is 1. The Labute approximate surface area is 148 Å². The van der Waals surface area contributed by atoms with Gasteiger partial charge in [0, 0.05) is 23.2 Å². The maximum absolute atomic E-state index is 10.9. The summed E-state index contributed by atoms with van der Waals surface area (Å²) in [4.78, 5) is 4.88. The van der Waals surface area contributed by atoms with E-state index in [1.165, 1.54) is 5.56 Å². The standard InChI is InChI=1S/C22H24N2O/c1-22(2)12-18-20(19(25)13-22)21(16-10-6-7-11-17(16)24-18)23-14-15-8-4-3-5-9-15/h3-11,19,25H,12-14H2,1-2H3,(H,23,24). The van der Waals surface area contributed by atoms with Crippen molar-refractivity contribution in [2.24, 2.45) is 5.41 Å². The fraction of sp³-hybridized carbons (Fsp3) is 0.318. The molecule has 3 nitrogen and oxygen atoms in total. The molecule has 0 aliphatic heterocycles. The van der Waals surface area contributed by atoms with Crippen LogP contribution in [0.5, 0.6) is 0 Å². The van der Waals surface area contributed by atoms with Crippen LogP contribution in [-0.2, 0) is 13.0 Å². The Bertz CT molecular complexity index is 903. The molecule has 128 valence electrons. The third-order valence-electron chi connectivity index (χ3n) is 5.05. The van der Waals surface area contributed by atoms with Crippen molar-refractivity contribution in [2.75, 3.05) is 5.32 Å². The van der Waals surface area contributed by atoms with Gasteiger partial charge in [-0.25, -0.2) is 0 Å². The molecule has 1 aliphatic carbocycles. The lowest BCUT2D eigenvalue weighted by molar-refractivity contribution is 0.0991. The number of aliphatic hydroxyl groups is 1. The average molecular weight is 332 g/mol. The van der Waals surface area contributed by atoms with Gasteiger partial charge in [0.2, 0.25) is 0 Å². The van der Waals surface area contributed by atoms with Gasteiger partial charge < -0.3 is 10.4 Å². The zero-order valence-corrected chi connectivity index (χ0v) is 14.8. The minimum atomic E-state index is -0.478. The SMILES string of the molecule is CC1(C)Cc2nc3ccccc3c(NCc3ccccc3)c2C(O)C1. The van der Waals surface area contributed by atoms with E-state index in [2.05, 4.69) is 55.6 Å². The van der Waals surface area contributed by atoms with Crippen LogP contribution in [0.4, 0.5) is 5.69 Å². The van der Waals surface area contributed by atoms with E-state index in [1.54, 1.807) is 0 Å². The molecule has 4 rings (SSSR count). The number of aromatic nitrogens is 1. The van der Waals surface area contributed by atoms with Crippen LogP contribution in [0.3, 0.4) is 0 Å². The van der Waals surface area contributed by atoms with Crippen LogP contribution in [0, 0.1) is 5.41 Å². The number of benzene rings is 2. The van der Waals surface area contributed by atoms with Crippen LogP contribution in [0.1, 0.15) is 43.2 Å². The molecule has 1 aromatic heterocycles. The van der Waals surface area contributed by atoms with Crippen LogP contribution in [0.25, 0.3) is 10.9 Å². The highest BCUT2D eigenvalue weighted by atomic mass is 16.3. The zero-order chi connectivity index (χ0) is 17.4. The molecule has 3 heteroatoms. The van der Waals surface area contributed by atoms with Crippen molar-refractivity contribution in [2.45, 2.75) is 39.3 Å². The summed E-state index contributed by atoms with van der Waals surface area (Å²) in [5.74, 6) is 0. The van der Waals surface area contributed by atoms with Crippen molar-refractivity contribution in [1.82, 2.24) is 4.98 Å². The van der Waals surface area contributed by atoms with Crippen LogP contribution >= 0.6 is 0 Å². The second kappa shape index (κ2) is 6.16. The van der Waals surface area contributed by atoms with E-state index in [1.807, 2.05) is 18.2 Å². The van der Waals surface area contributed by atoms with Crippen molar-refractivity contribution >= 4 is 16.6 Å². The molecule has 0 amide bonds. The number of anilines is 1. The highest BCUT2D eigenvalue weighted by molar-refractivity contribution is 5.93. The van der Waals surface area contributed by atoms with Crippen molar-refractivity contribution in [3.63, 3.8) is 0 Å². The number of hydrogen-bond acceptors (Lipinski definition) is 3. The molecule has 2 aromatic carbocycles. The Kier molecular flexibility index (Phi) is 3.97. The number of nitrogens with one attached hydrogen (secondary N) is 1. The second-order valence-corrected chi connectivity index (χ2v) is 7.76. The topological polar surface area (TPSA) is 45.2 Å². The molecule has 1 unspecified atom stereocenters. The molecule has 0 radical (unpaired) electrons. The summed E-state index contributed by atoms with van der Waals surface area (Å²) in [6.45, 7) is 5.14. The Morgan fingerprint density at radius 1 is 1.08 bits per heavy atom. The molecule has 0 saturated carbocycles. The largest absolute Gasteiger partial charge is 0.388 e. The third-order valence-corrected chi connectivity index (χ3v) is 5.05. The van der Waals surface area contributed by atoms with E-state index in [-0.39, 0.29) is 5.41 Å². The number of hydrogen-bond donors (Lipinski definition) is 2. The first kappa shape index (κ1) is 16.1. The smallest absolute Gasteiger partial charge is 0.0833 e. The van der Waals surface area contributed by atoms with Gasteiger partial charge in [0.15, 0.2) is 0 Å². The summed E-state index contributed by atoms with van der Waals surface area (Å²) < 4.78 is 0. The van der Waals surface area contributed by atoms with Crippen molar-refractivity contribution in [1.29, 1.82) is 0 Å². The molecule has 0 bridgehead atoms. The van der Waals surface area contributed by atoms with Gasteiger partial charge in [-0.15, -0.1) is 0 Å². The summed E-state index contributed by atoms with van der Waals surface area (Å²) in [6, 6.07) is 18.5. The van der Waals surface area contributed by atoms with Crippen molar-refractivity contribution in [3.05, 3.63) is 71.4 Å². The normalized spacial score (nSPS) is 18.8. The molecule has 1 aliphatic rings. The van der Waals surface area contributed by atoms with Gasteiger partial charge in [0.1, 0.15) is 0 Å². The minimum absolute atomic E-state index is 0.0680. The fourth-order valence-corrected chi connectivity index (χ4v) is 3.90. The summed E-state index contributed by atoms with van der Waals surface area (Å²) in [7, 11) is 0. The molecule has 1 atom stereocenters. The van der Waals surface area contributed by atoms with E-state index in [9.17, 15) is 5.11 Å². The summed E-state index contributed by atoms with van der Waals surface area (Å²) in [5.41, 5.74) is 5.32. The first-order valence-corrected chi connectivity index (χ1v) is 8.91. The van der Waals surface area contributed by atoms with Crippen LogP contribution in [-0.4, -0.2) is 10.1 Å². The number of fused-ring (bicyclic) bond motifs is 2. The molecule has 0 fully saturated rings.